The molecule has 0 heterocycles. The van der Waals surface area contributed by atoms with Gasteiger partial charge in [-0.3, -0.25) is 14.9 Å². The first-order valence-corrected chi connectivity index (χ1v) is 8.22. The van der Waals surface area contributed by atoms with Gasteiger partial charge in [0.05, 0.1) is 10.5 Å². The summed E-state index contributed by atoms with van der Waals surface area (Å²) in [5.74, 6) is -1.38. The van der Waals surface area contributed by atoms with E-state index in [-0.39, 0.29) is 10.6 Å². The van der Waals surface area contributed by atoms with Crippen LogP contribution in [-0.4, -0.2) is 23.4 Å². The van der Waals surface area contributed by atoms with Crippen molar-refractivity contribution in [2.45, 2.75) is 0 Å². The molecule has 3 aromatic carbocycles. The van der Waals surface area contributed by atoms with E-state index in [1.54, 1.807) is 12.1 Å². The molecule has 0 bridgehead atoms. The average Bonchev–Trinajstić information content (AvgIpc) is 2.66. The zero-order valence-corrected chi connectivity index (χ0v) is 14.6. The number of nitrogens with zero attached hydrogens (tertiary/aromatic N) is 1. The van der Waals surface area contributed by atoms with Crippen molar-refractivity contribution < 1.29 is 19.2 Å². The highest BCUT2D eigenvalue weighted by Crippen LogP contribution is 2.25. The molecule has 1 amide bonds. The smallest absolute Gasteiger partial charge is 0.338 e. The first-order chi connectivity index (χ1) is 13.0. The third-order valence-electron chi connectivity index (χ3n) is 3.78. The summed E-state index contributed by atoms with van der Waals surface area (Å²) in [6.07, 6.45) is 0. The van der Waals surface area contributed by atoms with E-state index in [1.165, 1.54) is 12.1 Å². The molecule has 3 rings (SSSR count). The summed E-state index contributed by atoms with van der Waals surface area (Å²) in [6, 6.07) is 16.5. The SMILES string of the molecule is O=C(COC(=O)c1ccc(Cl)c([N+](=O)[O-])c1)Nc1cccc2ccccc12. The van der Waals surface area contributed by atoms with Crippen LogP contribution in [0.3, 0.4) is 0 Å². The van der Waals surface area contributed by atoms with Crippen LogP contribution in [0.5, 0.6) is 0 Å². The fraction of sp³-hybridized carbons (Fsp3) is 0.0526. The molecule has 0 aliphatic carbocycles. The predicted octanol–water partition coefficient (Wildman–Crippen LogP) is 4.20. The van der Waals surface area contributed by atoms with Crippen LogP contribution in [0.4, 0.5) is 11.4 Å². The zero-order chi connectivity index (χ0) is 19.4. The Morgan fingerprint density at radius 2 is 1.81 bits per heavy atom. The Labute approximate surface area is 158 Å². The number of halogens is 1. The number of fused-ring (bicyclic) bond motifs is 1. The Hall–Kier alpha value is -3.45. The lowest BCUT2D eigenvalue weighted by atomic mass is 10.1. The molecular formula is C19H13ClN2O5. The maximum absolute atomic E-state index is 12.1. The van der Waals surface area contributed by atoms with E-state index in [4.69, 9.17) is 16.3 Å². The second-order valence-corrected chi connectivity index (χ2v) is 5.98. The minimum atomic E-state index is -0.858. The summed E-state index contributed by atoms with van der Waals surface area (Å²) in [7, 11) is 0. The maximum atomic E-state index is 12.1. The fourth-order valence-corrected chi connectivity index (χ4v) is 2.70. The first-order valence-electron chi connectivity index (χ1n) is 7.84. The highest BCUT2D eigenvalue weighted by molar-refractivity contribution is 6.32. The van der Waals surface area contributed by atoms with E-state index < -0.39 is 29.1 Å². The van der Waals surface area contributed by atoms with E-state index in [2.05, 4.69) is 5.32 Å². The van der Waals surface area contributed by atoms with Crippen molar-refractivity contribution in [3.8, 4) is 0 Å². The van der Waals surface area contributed by atoms with Crippen LogP contribution in [0.25, 0.3) is 10.8 Å². The molecule has 136 valence electrons. The van der Waals surface area contributed by atoms with Gasteiger partial charge in [-0.2, -0.15) is 0 Å². The predicted molar refractivity (Wildman–Crippen MR) is 101 cm³/mol. The number of nitrogens with one attached hydrogen (secondary N) is 1. The van der Waals surface area contributed by atoms with Crippen LogP contribution < -0.4 is 5.32 Å². The number of benzene rings is 3. The number of nitro benzene ring substituents is 1. The number of hydrogen-bond donors (Lipinski definition) is 1. The van der Waals surface area contributed by atoms with Gasteiger partial charge in [0.2, 0.25) is 0 Å². The number of ether oxygens (including phenoxy) is 1. The standard InChI is InChI=1S/C19H13ClN2O5/c20-15-9-8-13(10-17(15)22(25)26)19(24)27-11-18(23)21-16-7-3-5-12-4-1-2-6-14(12)16/h1-10H,11H2,(H,21,23). The Balaban J connectivity index is 1.66. The second kappa shape index (κ2) is 7.84. The summed E-state index contributed by atoms with van der Waals surface area (Å²) in [6.45, 7) is -0.529. The van der Waals surface area contributed by atoms with E-state index in [0.717, 1.165) is 16.8 Å². The minimum Gasteiger partial charge on any atom is -0.452 e. The number of hydrogen-bond acceptors (Lipinski definition) is 5. The summed E-state index contributed by atoms with van der Waals surface area (Å²) in [5.41, 5.74) is 0.117. The number of esters is 1. The minimum absolute atomic E-state index is 0.0657. The summed E-state index contributed by atoms with van der Waals surface area (Å²) in [5, 5.41) is 15.3. The van der Waals surface area contributed by atoms with E-state index >= 15 is 0 Å². The van der Waals surface area contributed by atoms with E-state index in [9.17, 15) is 19.7 Å². The molecule has 0 aromatic heterocycles. The normalized spacial score (nSPS) is 10.4. The van der Waals surface area contributed by atoms with Crippen molar-refractivity contribution in [1.29, 1.82) is 0 Å². The molecule has 0 atom stereocenters. The monoisotopic (exact) mass is 384 g/mol. The van der Waals surface area contributed by atoms with Gasteiger partial charge in [-0.15, -0.1) is 0 Å². The van der Waals surface area contributed by atoms with Crippen molar-refractivity contribution in [1.82, 2.24) is 0 Å². The van der Waals surface area contributed by atoms with Crippen molar-refractivity contribution in [2.24, 2.45) is 0 Å². The van der Waals surface area contributed by atoms with Gasteiger partial charge >= 0.3 is 5.97 Å². The number of carbonyl (C=O) groups excluding carboxylic acids is 2. The molecule has 0 saturated heterocycles. The van der Waals surface area contributed by atoms with Crippen LogP contribution in [0.2, 0.25) is 5.02 Å². The Morgan fingerprint density at radius 3 is 2.59 bits per heavy atom. The van der Waals surface area contributed by atoms with Crippen LogP contribution in [0, 0.1) is 10.1 Å². The average molecular weight is 385 g/mol. The van der Waals surface area contributed by atoms with Crippen LogP contribution >= 0.6 is 11.6 Å². The van der Waals surface area contributed by atoms with Crippen molar-refractivity contribution in [3.63, 3.8) is 0 Å². The number of rotatable bonds is 5. The Morgan fingerprint density at radius 1 is 1.07 bits per heavy atom. The summed E-state index contributed by atoms with van der Waals surface area (Å²) >= 11 is 5.70. The Kier molecular flexibility index (Phi) is 5.33. The van der Waals surface area contributed by atoms with Crippen LogP contribution in [-0.2, 0) is 9.53 Å². The van der Waals surface area contributed by atoms with Crippen molar-refractivity contribution >= 4 is 45.6 Å². The van der Waals surface area contributed by atoms with Gasteiger partial charge in [0.25, 0.3) is 11.6 Å². The molecule has 0 spiro atoms. The molecule has 0 aliphatic rings. The zero-order valence-electron chi connectivity index (χ0n) is 13.8. The van der Waals surface area contributed by atoms with Crippen LogP contribution in [0.1, 0.15) is 10.4 Å². The van der Waals surface area contributed by atoms with Gasteiger partial charge in [0.1, 0.15) is 5.02 Å². The van der Waals surface area contributed by atoms with Crippen molar-refractivity contribution in [2.75, 3.05) is 11.9 Å². The summed E-state index contributed by atoms with van der Waals surface area (Å²) < 4.78 is 4.93. The number of carbonyl (C=O) groups is 2. The van der Waals surface area contributed by atoms with E-state index in [0.29, 0.717) is 5.69 Å². The van der Waals surface area contributed by atoms with Gasteiger partial charge in [-0.25, -0.2) is 4.79 Å². The van der Waals surface area contributed by atoms with Crippen LogP contribution in [0.15, 0.2) is 60.7 Å². The van der Waals surface area contributed by atoms with Crippen molar-refractivity contribution in [3.05, 3.63) is 81.4 Å². The molecule has 0 radical (unpaired) electrons. The number of amides is 1. The molecule has 27 heavy (non-hydrogen) atoms. The van der Waals surface area contributed by atoms with Gasteiger partial charge in [-0.05, 0) is 23.6 Å². The summed E-state index contributed by atoms with van der Waals surface area (Å²) in [4.78, 5) is 34.3. The maximum Gasteiger partial charge on any atom is 0.338 e. The third kappa shape index (κ3) is 4.21. The number of anilines is 1. The molecule has 0 fully saturated rings. The Bertz CT molecular complexity index is 1050. The highest BCUT2D eigenvalue weighted by atomic mass is 35.5. The van der Waals surface area contributed by atoms with Gasteiger partial charge in [0, 0.05) is 17.1 Å². The number of nitro groups is 1. The lowest BCUT2D eigenvalue weighted by Gasteiger charge is -2.09. The second-order valence-electron chi connectivity index (χ2n) is 5.57. The lowest BCUT2D eigenvalue weighted by molar-refractivity contribution is -0.384. The molecular weight excluding hydrogens is 372 g/mol. The largest absolute Gasteiger partial charge is 0.452 e. The van der Waals surface area contributed by atoms with E-state index in [1.807, 2.05) is 30.3 Å². The molecule has 7 nitrogen and oxygen atoms in total. The molecule has 0 unspecified atom stereocenters. The van der Waals surface area contributed by atoms with Gasteiger partial charge in [0.15, 0.2) is 6.61 Å². The van der Waals surface area contributed by atoms with Gasteiger partial charge < -0.3 is 10.1 Å². The first kappa shape index (κ1) is 18.3. The quantitative estimate of drug-likeness (QED) is 0.404. The topological polar surface area (TPSA) is 98.5 Å². The molecule has 8 heteroatoms. The molecule has 0 saturated carbocycles. The van der Waals surface area contributed by atoms with Gasteiger partial charge in [-0.1, -0.05) is 48.0 Å². The highest BCUT2D eigenvalue weighted by Gasteiger charge is 2.18. The molecule has 0 aliphatic heterocycles. The molecule has 1 N–H and O–H groups in total. The third-order valence-corrected chi connectivity index (χ3v) is 4.10. The lowest BCUT2D eigenvalue weighted by Crippen LogP contribution is -2.21. The molecule has 3 aromatic rings. The fourth-order valence-electron chi connectivity index (χ4n) is 2.51.